The predicted octanol–water partition coefficient (Wildman–Crippen LogP) is 6.70. The fourth-order valence-corrected chi connectivity index (χ4v) is 4.09. The molecule has 0 fully saturated rings. The summed E-state index contributed by atoms with van der Waals surface area (Å²) in [6.07, 6.45) is 0. The highest BCUT2D eigenvalue weighted by atomic mass is 35.5. The van der Waals surface area contributed by atoms with E-state index in [1.165, 1.54) is 26.4 Å². The molecule has 4 rings (SSSR count). The van der Waals surface area contributed by atoms with Crippen molar-refractivity contribution >= 4 is 23.5 Å². The van der Waals surface area contributed by atoms with Gasteiger partial charge in [0, 0.05) is 18.0 Å². The summed E-state index contributed by atoms with van der Waals surface area (Å²) in [4.78, 5) is 22.7. The van der Waals surface area contributed by atoms with E-state index in [9.17, 15) is 19.8 Å². The zero-order valence-electron chi connectivity index (χ0n) is 25.9. The Hall–Kier alpha value is -5.09. The SMILES string of the molecule is COC(=O)c1c(C)cc(O)cc1O.COC(=O)c1c(C)cc(OCc2ccc(OC)cc2)cc1O.COc1ccc(CCl)cc1. The summed E-state index contributed by atoms with van der Waals surface area (Å²) in [6, 6.07) is 20.8. The first-order valence-corrected chi connectivity index (χ1v) is 14.0. The van der Waals surface area contributed by atoms with Crippen LogP contribution in [0.2, 0.25) is 0 Å². The van der Waals surface area contributed by atoms with Crippen molar-refractivity contribution in [1.29, 1.82) is 0 Å². The maximum Gasteiger partial charge on any atom is 0.341 e. The van der Waals surface area contributed by atoms with E-state index in [2.05, 4.69) is 9.47 Å². The minimum absolute atomic E-state index is 0.0809. The Balaban J connectivity index is 0.000000259. The van der Waals surface area contributed by atoms with Crippen LogP contribution in [0.4, 0.5) is 0 Å². The van der Waals surface area contributed by atoms with Gasteiger partial charge >= 0.3 is 11.9 Å². The molecule has 0 amide bonds. The van der Waals surface area contributed by atoms with E-state index >= 15 is 0 Å². The van der Waals surface area contributed by atoms with Gasteiger partial charge in [0.2, 0.25) is 0 Å². The van der Waals surface area contributed by atoms with E-state index in [0.717, 1.165) is 28.7 Å². The number of hydrogen-bond donors (Lipinski definition) is 3. The van der Waals surface area contributed by atoms with Crippen LogP contribution in [0.5, 0.6) is 34.5 Å². The molecule has 3 N–H and O–H groups in total. The van der Waals surface area contributed by atoms with Crippen LogP contribution in [0.25, 0.3) is 0 Å². The summed E-state index contributed by atoms with van der Waals surface area (Å²) in [5, 5.41) is 28.3. The number of benzene rings is 4. The van der Waals surface area contributed by atoms with Crippen LogP contribution in [0.15, 0.2) is 72.8 Å². The van der Waals surface area contributed by atoms with Crippen molar-refractivity contribution in [2.75, 3.05) is 28.4 Å². The third-order valence-corrected chi connectivity index (χ3v) is 6.55. The summed E-state index contributed by atoms with van der Waals surface area (Å²) >= 11 is 5.58. The smallest absolute Gasteiger partial charge is 0.341 e. The van der Waals surface area contributed by atoms with Crippen LogP contribution < -0.4 is 14.2 Å². The lowest BCUT2D eigenvalue weighted by molar-refractivity contribution is 0.0587. The van der Waals surface area contributed by atoms with Crippen molar-refractivity contribution in [2.24, 2.45) is 0 Å². The number of phenolic OH excluding ortho intramolecular Hbond substituents is 3. The van der Waals surface area contributed by atoms with Crippen molar-refractivity contribution < 1.29 is 48.6 Å². The fourth-order valence-electron chi connectivity index (χ4n) is 3.91. The molecular weight excluding hydrogens is 604 g/mol. The summed E-state index contributed by atoms with van der Waals surface area (Å²) < 4.78 is 24.8. The Morgan fingerprint density at radius 3 is 1.47 bits per heavy atom. The monoisotopic (exact) mass is 640 g/mol. The minimum Gasteiger partial charge on any atom is -0.508 e. The third kappa shape index (κ3) is 10.8. The number of aromatic hydroxyl groups is 3. The summed E-state index contributed by atoms with van der Waals surface area (Å²) in [5.41, 5.74) is 3.39. The number of halogens is 1. The molecule has 45 heavy (non-hydrogen) atoms. The van der Waals surface area contributed by atoms with Gasteiger partial charge < -0.3 is 39.0 Å². The molecule has 0 saturated carbocycles. The number of phenols is 3. The van der Waals surface area contributed by atoms with Crippen LogP contribution in [0, 0.1) is 13.8 Å². The molecule has 0 spiro atoms. The second kappa shape index (κ2) is 17.9. The summed E-state index contributed by atoms with van der Waals surface area (Å²) in [7, 11) is 5.76. The Morgan fingerprint density at radius 2 is 1.07 bits per heavy atom. The number of methoxy groups -OCH3 is 4. The Morgan fingerprint density at radius 1 is 0.622 bits per heavy atom. The number of rotatable bonds is 8. The molecule has 0 aliphatic rings. The first-order valence-electron chi connectivity index (χ1n) is 13.4. The lowest BCUT2D eigenvalue weighted by Gasteiger charge is -2.11. The quantitative estimate of drug-likeness (QED) is 0.141. The second-order valence-corrected chi connectivity index (χ2v) is 9.66. The zero-order valence-corrected chi connectivity index (χ0v) is 26.7. The number of esters is 2. The van der Waals surface area contributed by atoms with Gasteiger partial charge in [0.05, 0.1) is 28.4 Å². The summed E-state index contributed by atoms with van der Waals surface area (Å²) in [5.74, 6) is 0.992. The average Bonchev–Trinajstić information content (AvgIpc) is 3.03. The molecule has 10 nitrogen and oxygen atoms in total. The molecule has 0 heterocycles. The molecule has 0 aliphatic carbocycles. The van der Waals surface area contributed by atoms with Gasteiger partial charge in [0.25, 0.3) is 0 Å². The van der Waals surface area contributed by atoms with Crippen molar-refractivity contribution in [3.63, 3.8) is 0 Å². The summed E-state index contributed by atoms with van der Waals surface area (Å²) in [6.45, 7) is 3.67. The van der Waals surface area contributed by atoms with Gasteiger partial charge in [-0.2, -0.15) is 0 Å². The lowest BCUT2D eigenvalue weighted by atomic mass is 10.1. The number of alkyl halides is 1. The van der Waals surface area contributed by atoms with Gasteiger partial charge in [0.15, 0.2) is 0 Å². The molecule has 0 aromatic heterocycles. The highest BCUT2D eigenvalue weighted by Crippen LogP contribution is 2.29. The largest absolute Gasteiger partial charge is 0.508 e. The number of carbonyl (C=O) groups excluding carboxylic acids is 2. The van der Waals surface area contributed by atoms with E-state index in [0.29, 0.717) is 29.4 Å². The van der Waals surface area contributed by atoms with E-state index in [-0.39, 0.29) is 28.4 Å². The zero-order chi connectivity index (χ0) is 33.5. The third-order valence-electron chi connectivity index (χ3n) is 6.24. The van der Waals surface area contributed by atoms with Crippen LogP contribution >= 0.6 is 11.6 Å². The number of aryl methyl sites for hydroxylation is 2. The second-order valence-electron chi connectivity index (χ2n) is 9.39. The molecule has 0 saturated heterocycles. The van der Waals surface area contributed by atoms with Crippen LogP contribution in [0.3, 0.4) is 0 Å². The maximum atomic E-state index is 11.6. The first-order chi connectivity index (χ1) is 21.5. The van der Waals surface area contributed by atoms with Gasteiger partial charge in [-0.3, -0.25) is 0 Å². The van der Waals surface area contributed by atoms with E-state index in [1.54, 1.807) is 34.1 Å². The van der Waals surface area contributed by atoms with Crippen LogP contribution in [-0.2, 0) is 22.0 Å². The lowest BCUT2D eigenvalue weighted by Crippen LogP contribution is -2.05. The first kappa shape index (κ1) is 36.1. The molecule has 11 heteroatoms. The van der Waals surface area contributed by atoms with Gasteiger partial charge in [-0.1, -0.05) is 24.3 Å². The molecule has 0 atom stereocenters. The Bertz CT molecular complexity index is 1480. The standard InChI is InChI=1S/C17H18O5.C9H10O4.C8H9ClO/c1-11-8-14(9-15(18)16(11)17(19)21-3)22-10-12-4-6-13(20-2)7-5-12;1-5-3-6(10)4-7(11)8(5)9(12)13-2;1-10-8-4-2-7(6-9)3-5-8/h4-9,18H,10H2,1-3H3;3-4,10-11H,1-2H3;2-5H,6H2,1H3. The highest BCUT2D eigenvalue weighted by Gasteiger charge is 2.17. The Labute approximate surface area is 267 Å². The molecule has 0 unspecified atom stereocenters. The maximum absolute atomic E-state index is 11.6. The van der Waals surface area contributed by atoms with Crippen LogP contribution in [-0.4, -0.2) is 55.7 Å². The topological polar surface area (TPSA) is 141 Å². The average molecular weight is 641 g/mol. The van der Waals surface area contributed by atoms with Crippen molar-refractivity contribution in [3.05, 3.63) is 106 Å². The predicted molar refractivity (Wildman–Crippen MR) is 170 cm³/mol. The van der Waals surface area contributed by atoms with Crippen LogP contribution in [0.1, 0.15) is 43.0 Å². The van der Waals surface area contributed by atoms with E-state index in [4.69, 9.17) is 30.9 Å². The molecule has 0 radical (unpaired) electrons. The Kier molecular flexibility index (Phi) is 14.4. The van der Waals surface area contributed by atoms with Gasteiger partial charge in [-0.15, -0.1) is 11.6 Å². The fraction of sp³-hybridized carbons (Fsp3) is 0.235. The van der Waals surface area contributed by atoms with Gasteiger partial charge in [-0.05, 0) is 72.5 Å². The van der Waals surface area contributed by atoms with Gasteiger partial charge in [0.1, 0.15) is 52.2 Å². The molecule has 4 aromatic carbocycles. The normalized spacial score (nSPS) is 9.84. The van der Waals surface area contributed by atoms with Crippen molar-refractivity contribution in [3.8, 4) is 34.5 Å². The minimum atomic E-state index is -0.616. The number of ether oxygens (including phenoxy) is 5. The molecular formula is C34H37ClO10. The van der Waals surface area contributed by atoms with E-state index < -0.39 is 11.9 Å². The van der Waals surface area contributed by atoms with Crippen molar-refractivity contribution in [2.45, 2.75) is 26.3 Å². The number of carbonyl (C=O) groups is 2. The highest BCUT2D eigenvalue weighted by molar-refractivity contribution is 6.17. The molecule has 0 bridgehead atoms. The molecule has 4 aromatic rings. The van der Waals surface area contributed by atoms with Gasteiger partial charge in [-0.25, -0.2) is 9.59 Å². The molecule has 0 aliphatic heterocycles. The van der Waals surface area contributed by atoms with Crippen molar-refractivity contribution in [1.82, 2.24) is 0 Å². The number of hydrogen-bond acceptors (Lipinski definition) is 10. The van der Waals surface area contributed by atoms with E-state index in [1.807, 2.05) is 48.5 Å². The molecule has 240 valence electrons.